The quantitative estimate of drug-likeness (QED) is 0.714. The van der Waals surface area contributed by atoms with E-state index in [0.29, 0.717) is 0 Å². The van der Waals surface area contributed by atoms with Gasteiger partial charge in [0.25, 0.3) is 0 Å². The zero-order valence-corrected chi connectivity index (χ0v) is 11.9. The lowest BCUT2D eigenvalue weighted by molar-refractivity contribution is 0.519. The van der Waals surface area contributed by atoms with Crippen LogP contribution in [0.5, 0.6) is 0 Å². The van der Waals surface area contributed by atoms with E-state index in [2.05, 4.69) is 56.5 Å². The van der Waals surface area contributed by atoms with Crippen LogP contribution < -0.4 is 0 Å². The summed E-state index contributed by atoms with van der Waals surface area (Å²) in [4.78, 5) is 17.7. The van der Waals surface area contributed by atoms with Crippen LogP contribution in [0.1, 0.15) is 53.1 Å². The summed E-state index contributed by atoms with van der Waals surface area (Å²) in [6, 6.07) is 0. The van der Waals surface area contributed by atoms with E-state index in [1.54, 1.807) is 12.5 Å². The molecular formula is C14H20N4. The van der Waals surface area contributed by atoms with Crippen LogP contribution in [0.3, 0.4) is 0 Å². The molecule has 0 radical (unpaired) electrons. The second-order valence-electron chi connectivity index (χ2n) is 6.65. The van der Waals surface area contributed by atoms with Crippen molar-refractivity contribution in [1.82, 2.24) is 19.9 Å². The Kier molecular flexibility index (Phi) is 2.84. The highest BCUT2D eigenvalue weighted by atomic mass is 15.0. The van der Waals surface area contributed by atoms with Gasteiger partial charge in [0.1, 0.15) is 23.2 Å². The van der Waals surface area contributed by atoms with Crippen LogP contribution in [-0.4, -0.2) is 19.9 Å². The molecule has 4 nitrogen and oxygen atoms in total. The van der Waals surface area contributed by atoms with Gasteiger partial charge < -0.3 is 0 Å². The van der Waals surface area contributed by atoms with Gasteiger partial charge in [0.2, 0.25) is 0 Å². The Labute approximate surface area is 108 Å². The molecule has 2 aromatic heterocycles. The maximum absolute atomic E-state index is 4.74. The highest BCUT2D eigenvalue weighted by Gasteiger charge is 2.25. The normalized spacial score (nSPS) is 13.0. The van der Waals surface area contributed by atoms with Gasteiger partial charge in [-0.25, -0.2) is 19.9 Å². The van der Waals surface area contributed by atoms with Crippen LogP contribution >= 0.6 is 0 Å². The van der Waals surface area contributed by atoms with Crippen molar-refractivity contribution >= 4 is 11.0 Å². The first-order valence-corrected chi connectivity index (χ1v) is 6.18. The minimum Gasteiger partial charge on any atom is -0.243 e. The highest BCUT2D eigenvalue weighted by Crippen LogP contribution is 2.28. The number of aromatic nitrogens is 4. The van der Waals surface area contributed by atoms with Crippen molar-refractivity contribution in [1.29, 1.82) is 0 Å². The molecule has 0 amide bonds. The first-order valence-electron chi connectivity index (χ1n) is 6.18. The summed E-state index contributed by atoms with van der Waals surface area (Å²) in [5.74, 6) is 0.842. The summed E-state index contributed by atoms with van der Waals surface area (Å²) >= 11 is 0. The zero-order chi connectivity index (χ0) is 13.6. The van der Waals surface area contributed by atoms with Crippen molar-refractivity contribution in [2.24, 2.45) is 0 Å². The first kappa shape index (κ1) is 12.9. The molecule has 0 atom stereocenters. The molecule has 0 saturated carbocycles. The third kappa shape index (κ3) is 2.33. The van der Waals surface area contributed by atoms with Gasteiger partial charge in [0.15, 0.2) is 0 Å². The summed E-state index contributed by atoms with van der Waals surface area (Å²) in [6.45, 7) is 12.8. The standard InChI is InChI=1S/C14H20N4/c1-13(2,3)11-10-9(7-15-8-16-10)17-12(18-11)14(4,5)6/h7-8H,1-6H3. The van der Waals surface area contributed by atoms with Crippen molar-refractivity contribution in [3.8, 4) is 0 Å². The average Bonchev–Trinajstić information content (AvgIpc) is 2.25. The van der Waals surface area contributed by atoms with Crippen molar-refractivity contribution in [2.75, 3.05) is 0 Å². The lowest BCUT2D eigenvalue weighted by atomic mass is 9.89. The molecule has 2 heterocycles. The minimum atomic E-state index is -0.0793. The van der Waals surface area contributed by atoms with Crippen LogP contribution in [0.2, 0.25) is 0 Å². The van der Waals surface area contributed by atoms with E-state index < -0.39 is 0 Å². The van der Waals surface area contributed by atoms with Gasteiger partial charge in [-0.2, -0.15) is 0 Å². The fraction of sp³-hybridized carbons (Fsp3) is 0.571. The molecule has 0 aliphatic rings. The van der Waals surface area contributed by atoms with E-state index in [1.807, 2.05) is 0 Å². The van der Waals surface area contributed by atoms with Crippen LogP contribution in [0.25, 0.3) is 11.0 Å². The second kappa shape index (κ2) is 3.97. The summed E-state index contributed by atoms with van der Waals surface area (Å²) in [6.07, 6.45) is 3.31. The van der Waals surface area contributed by atoms with E-state index >= 15 is 0 Å². The van der Waals surface area contributed by atoms with Gasteiger partial charge in [-0.1, -0.05) is 41.5 Å². The molecule has 18 heavy (non-hydrogen) atoms. The number of rotatable bonds is 0. The second-order valence-corrected chi connectivity index (χ2v) is 6.65. The van der Waals surface area contributed by atoms with Crippen molar-refractivity contribution < 1.29 is 0 Å². The molecule has 96 valence electrons. The van der Waals surface area contributed by atoms with E-state index in [1.165, 1.54) is 0 Å². The van der Waals surface area contributed by atoms with E-state index in [9.17, 15) is 0 Å². The van der Waals surface area contributed by atoms with Gasteiger partial charge in [-0.05, 0) is 0 Å². The molecule has 2 aromatic rings. The van der Waals surface area contributed by atoms with Gasteiger partial charge in [0, 0.05) is 10.8 Å². The lowest BCUT2D eigenvalue weighted by Gasteiger charge is -2.23. The molecule has 0 fully saturated rings. The van der Waals surface area contributed by atoms with Gasteiger partial charge in [0.05, 0.1) is 11.9 Å². The van der Waals surface area contributed by atoms with Crippen molar-refractivity contribution in [2.45, 2.75) is 52.4 Å². The number of fused-ring (bicyclic) bond motifs is 1. The van der Waals surface area contributed by atoms with E-state index in [-0.39, 0.29) is 10.8 Å². The first-order chi connectivity index (χ1) is 8.19. The topological polar surface area (TPSA) is 51.6 Å². The molecule has 0 aliphatic carbocycles. The smallest absolute Gasteiger partial charge is 0.134 e. The maximum atomic E-state index is 4.74. The highest BCUT2D eigenvalue weighted by molar-refractivity contribution is 5.76. The predicted molar refractivity (Wildman–Crippen MR) is 72.5 cm³/mol. The SMILES string of the molecule is CC(C)(C)c1nc(C(C)(C)C)c2ncncc2n1. The van der Waals surface area contributed by atoms with Crippen LogP contribution in [-0.2, 0) is 10.8 Å². The molecule has 2 rings (SSSR count). The Morgan fingerprint density at radius 2 is 1.56 bits per heavy atom. The fourth-order valence-electron chi connectivity index (χ4n) is 1.74. The van der Waals surface area contributed by atoms with Crippen LogP contribution in [0, 0.1) is 0 Å². The number of hydrogen-bond acceptors (Lipinski definition) is 4. The molecule has 0 aromatic carbocycles. The Balaban J connectivity index is 2.81. The average molecular weight is 244 g/mol. The third-order valence-corrected chi connectivity index (χ3v) is 2.74. The molecule has 4 heteroatoms. The zero-order valence-electron chi connectivity index (χ0n) is 11.9. The molecule has 0 spiro atoms. The van der Waals surface area contributed by atoms with Gasteiger partial charge >= 0.3 is 0 Å². The molecule has 0 unspecified atom stereocenters. The molecule has 0 saturated heterocycles. The molecular weight excluding hydrogens is 224 g/mol. The summed E-state index contributed by atoms with van der Waals surface area (Å²) in [5.41, 5.74) is 2.52. The number of hydrogen-bond donors (Lipinski definition) is 0. The third-order valence-electron chi connectivity index (χ3n) is 2.74. The molecule has 0 N–H and O–H groups in total. The number of nitrogens with zero attached hydrogens (tertiary/aromatic N) is 4. The predicted octanol–water partition coefficient (Wildman–Crippen LogP) is 3.01. The summed E-state index contributed by atoms with van der Waals surface area (Å²) in [7, 11) is 0. The van der Waals surface area contributed by atoms with Gasteiger partial charge in [-0.3, -0.25) is 0 Å². The molecule has 0 aliphatic heterocycles. The molecule has 0 bridgehead atoms. The monoisotopic (exact) mass is 244 g/mol. The van der Waals surface area contributed by atoms with E-state index in [0.717, 1.165) is 22.6 Å². The lowest BCUT2D eigenvalue weighted by Crippen LogP contribution is -2.22. The van der Waals surface area contributed by atoms with Crippen LogP contribution in [0.4, 0.5) is 0 Å². The van der Waals surface area contributed by atoms with Gasteiger partial charge in [-0.15, -0.1) is 0 Å². The summed E-state index contributed by atoms with van der Waals surface area (Å²) in [5, 5.41) is 0. The minimum absolute atomic E-state index is 0.0600. The van der Waals surface area contributed by atoms with Crippen molar-refractivity contribution in [3.05, 3.63) is 24.0 Å². The Bertz CT molecular complexity index is 576. The van der Waals surface area contributed by atoms with Crippen molar-refractivity contribution in [3.63, 3.8) is 0 Å². The van der Waals surface area contributed by atoms with Crippen LogP contribution in [0.15, 0.2) is 12.5 Å². The Morgan fingerprint density at radius 3 is 2.11 bits per heavy atom. The Morgan fingerprint density at radius 1 is 0.889 bits per heavy atom. The Hall–Kier alpha value is -1.58. The fourth-order valence-corrected chi connectivity index (χ4v) is 1.74. The maximum Gasteiger partial charge on any atom is 0.134 e. The largest absolute Gasteiger partial charge is 0.243 e. The summed E-state index contributed by atoms with van der Waals surface area (Å²) < 4.78 is 0. The van der Waals surface area contributed by atoms with E-state index in [4.69, 9.17) is 4.98 Å².